The second-order valence-corrected chi connectivity index (χ2v) is 7.42. The summed E-state index contributed by atoms with van der Waals surface area (Å²) in [7, 11) is 0. The highest BCUT2D eigenvalue weighted by atomic mass is 35.5. The van der Waals surface area contributed by atoms with E-state index in [1.165, 1.54) is 11.1 Å². The number of benzene rings is 1. The van der Waals surface area contributed by atoms with Crippen LogP contribution in [-0.2, 0) is 12.8 Å². The molecule has 0 amide bonds. The van der Waals surface area contributed by atoms with Crippen LogP contribution in [0.5, 0.6) is 5.75 Å². The van der Waals surface area contributed by atoms with Gasteiger partial charge in [-0.15, -0.1) is 0 Å². The molecule has 1 fully saturated rings. The molecule has 1 aromatic carbocycles. The van der Waals surface area contributed by atoms with Crippen molar-refractivity contribution in [3.63, 3.8) is 0 Å². The summed E-state index contributed by atoms with van der Waals surface area (Å²) in [5, 5.41) is 1.20. The lowest BCUT2D eigenvalue weighted by Gasteiger charge is -2.35. The molecule has 132 valence electrons. The highest BCUT2D eigenvalue weighted by Crippen LogP contribution is 2.27. The van der Waals surface area contributed by atoms with E-state index in [2.05, 4.69) is 33.0 Å². The van der Waals surface area contributed by atoms with Crippen LogP contribution in [0.4, 0.5) is 5.82 Å². The number of hydrogen-bond donors (Lipinski definition) is 0. The molecule has 25 heavy (non-hydrogen) atoms. The molecule has 0 radical (unpaired) electrons. The summed E-state index contributed by atoms with van der Waals surface area (Å²) in [5.74, 6) is 1.90. The van der Waals surface area contributed by atoms with Crippen molar-refractivity contribution >= 4 is 29.0 Å². The number of rotatable bonds is 4. The van der Waals surface area contributed by atoms with Gasteiger partial charge in [0, 0.05) is 45.3 Å². The van der Waals surface area contributed by atoms with E-state index in [9.17, 15) is 0 Å². The van der Waals surface area contributed by atoms with Gasteiger partial charge in [-0.2, -0.15) is 0 Å². The van der Waals surface area contributed by atoms with Gasteiger partial charge in [0.05, 0.1) is 16.7 Å². The van der Waals surface area contributed by atoms with E-state index >= 15 is 0 Å². The minimum absolute atomic E-state index is 0.576. The van der Waals surface area contributed by atoms with Gasteiger partial charge in [-0.05, 0) is 29.7 Å². The highest BCUT2D eigenvalue weighted by molar-refractivity contribution is 6.36. The molecule has 0 saturated carbocycles. The van der Waals surface area contributed by atoms with E-state index in [1.54, 1.807) is 12.3 Å². The Morgan fingerprint density at radius 3 is 2.72 bits per heavy atom. The Morgan fingerprint density at radius 2 is 1.92 bits per heavy atom. The van der Waals surface area contributed by atoms with Crippen LogP contribution in [-0.4, -0.2) is 49.2 Å². The summed E-state index contributed by atoms with van der Waals surface area (Å²) in [5.41, 5.74) is 2.75. The lowest BCUT2D eigenvalue weighted by molar-refractivity contribution is 0.260. The smallest absolute Gasteiger partial charge is 0.147 e. The molecule has 6 heteroatoms. The second-order valence-electron chi connectivity index (χ2n) is 6.58. The van der Waals surface area contributed by atoms with E-state index in [0.29, 0.717) is 10.0 Å². The normalized spacial score (nSPS) is 17.4. The van der Waals surface area contributed by atoms with E-state index in [0.717, 1.165) is 63.7 Å². The average molecular weight is 378 g/mol. The Morgan fingerprint density at radius 1 is 1.08 bits per heavy atom. The predicted octanol–water partition coefficient (Wildman–Crippen LogP) is 3.69. The van der Waals surface area contributed by atoms with Crippen molar-refractivity contribution in [2.24, 2.45) is 0 Å². The Labute approximate surface area is 158 Å². The quantitative estimate of drug-likeness (QED) is 0.812. The zero-order chi connectivity index (χ0) is 17.2. The first-order valence-electron chi connectivity index (χ1n) is 8.72. The number of anilines is 1. The molecule has 0 unspecified atom stereocenters. The van der Waals surface area contributed by atoms with Crippen molar-refractivity contribution in [2.75, 3.05) is 44.2 Å². The zero-order valence-electron chi connectivity index (χ0n) is 14.0. The number of pyridine rings is 1. The molecule has 1 aromatic heterocycles. The monoisotopic (exact) mass is 377 g/mol. The van der Waals surface area contributed by atoms with Gasteiger partial charge in [-0.25, -0.2) is 4.98 Å². The van der Waals surface area contributed by atoms with E-state index in [4.69, 9.17) is 27.9 Å². The van der Waals surface area contributed by atoms with Crippen LogP contribution in [0, 0.1) is 0 Å². The summed E-state index contributed by atoms with van der Waals surface area (Å²) in [6.07, 6.45) is 3.77. The average Bonchev–Trinajstić information content (AvgIpc) is 3.08. The van der Waals surface area contributed by atoms with Gasteiger partial charge in [0.2, 0.25) is 0 Å². The van der Waals surface area contributed by atoms with Gasteiger partial charge >= 0.3 is 0 Å². The highest BCUT2D eigenvalue weighted by Gasteiger charge is 2.20. The van der Waals surface area contributed by atoms with Gasteiger partial charge in [0.1, 0.15) is 11.6 Å². The fourth-order valence-corrected chi connectivity index (χ4v) is 4.01. The predicted molar refractivity (Wildman–Crippen MR) is 102 cm³/mol. The summed E-state index contributed by atoms with van der Waals surface area (Å²) >= 11 is 12.2. The van der Waals surface area contributed by atoms with Crippen molar-refractivity contribution in [3.8, 4) is 5.75 Å². The Hall–Kier alpha value is -1.49. The van der Waals surface area contributed by atoms with Gasteiger partial charge in [-0.1, -0.05) is 35.3 Å². The lowest BCUT2D eigenvalue weighted by atomic mass is 10.1. The topological polar surface area (TPSA) is 28.6 Å². The molecule has 0 atom stereocenters. The molecule has 1 saturated heterocycles. The first-order valence-corrected chi connectivity index (χ1v) is 9.47. The second kappa shape index (κ2) is 7.40. The SMILES string of the molecule is Clc1cnc(N2CCN(CCc3ccc4c(c3)CCO4)CC2)c(Cl)c1. The fourth-order valence-electron chi connectivity index (χ4n) is 3.51. The standard InChI is InChI=1S/C19H21Cl2N3O/c20-16-12-17(21)19(22-13-16)24-8-6-23(7-9-24)5-3-14-1-2-18-15(11-14)4-10-25-18/h1-2,11-13H,3-10H2. The van der Waals surface area contributed by atoms with Crippen LogP contribution in [0.15, 0.2) is 30.5 Å². The molecule has 0 spiro atoms. The van der Waals surface area contributed by atoms with Crippen LogP contribution in [0.1, 0.15) is 11.1 Å². The third-order valence-electron chi connectivity index (χ3n) is 4.93. The molecule has 2 aliphatic rings. The maximum absolute atomic E-state index is 6.27. The van der Waals surface area contributed by atoms with Crippen molar-refractivity contribution in [2.45, 2.75) is 12.8 Å². The summed E-state index contributed by atoms with van der Waals surface area (Å²) in [4.78, 5) is 9.13. The van der Waals surface area contributed by atoms with Gasteiger partial charge in [-0.3, -0.25) is 4.90 Å². The van der Waals surface area contributed by atoms with Crippen molar-refractivity contribution in [1.29, 1.82) is 0 Å². The van der Waals surface area contributed by atoms with Crippen LogP contribution in [0.3, 0.4) is 0 Å². The maximum Gasteiger partial charge on any atom is 0.147 e. The van der Waals surface area contributed by atoms with E-state index in [-0.39, 0.29) is 0 Å². The third-order valence-corrected chi connectivity index (χ3v) is 5.42. The summed E-state index contributed by atoms with van der Waals surface area (Å²) < 4.78 is 5.58. The van der Waals surface area contributed by atoms with Crippen molar-refractivity contribution in [1.82, 2.24) is 9.88 Å². The van der Waals surface area contributed by atoms with Gasteiger partial charge in [0.25, 0.3) is 0 Å². The fraction of sp³-hybridized carbons (Fsp3) is 0.421. The van der Waals surface area contributed by atoms with Gasteiger partial charge in [0.15, 0.2) is 0 Å². The first-order chi connectivity index (χ1) is 12.2. The number of aromatic nitrogens is 1. The Kier molecular flexibility index (Phi) is 5.02. The summed E-state index contributed by atoms with van der Waals surface area (Å²) in [6.45, 7) is 5.82. The minimum Gasteiger partial charge on any atom is -0.493 e. The Balaban J connectivity index is 1.30. The van der Waals surface area contributed by atoms with Crippen LogP contribution < -0.4 is 9.64 Å². The van der Waals surface area contributed by atoms with E-state index < -0.39 is 0 Å². The number of hydrogen-bond acceptors (Lipinski definition) is 4. The maximum atomic E-state index is 6.27. The number of piperazine rings is 1. The molecule has 2 aromatic rings. The minimum atomic E-state index is 0.576. The largest absolute Gasteiger partial charge is 0.493 e. The number of ether oxygens (including phenoxy) is 1. The molecule has 0 aliphatic carbocycles. The molecule has 4 nitrogen and oxygen atoms in total. The number of nitrogens with zero attached hydrogens (tertiary/aromatic N) is 3. The molecular weight excluding hydrogens is 357 g/mol. The molecule has 0 N–H and O–H groups in total. The molecule has 2 aliphatic heterocycles. The van der Waals surface area contributed by atoms with Crippen LogP contribution in [0.25, 0.3) is 0 Å². The molecule has 0 bridgehead atoms. The van der Waals surface area contributed by atoms with Crippen LogP contribution >= 0.6 is 23.2 Å². The number of halogens is 2. The first kappa shape index (κ1) is 17.0. The zero-order valence-corrected chi connectivity index (χ0v) is 15.6. The summed E-state index contributed by atoms with van der Waals surface area (Å²) in [6, 6.07) is 8.37. The number of fused-ring (bicyclic) bond motifs is 1. The lowest BCUT2D eigenvalue weighted by Crippen LogP contribution is -2.47. The molecule has 3 heterocycles. The third kappa shape index (κ3) is 3.86. The van der Waals surface area contributed by atoms with Crippen molar-refractivity contribution in [3.05, 3.63) is 51.6 Å². The Bertz CT molecular complexity index is 760. The van der Waals surface area contributed by atoms with Gasteiger partial charge < -0.3 is 9.64 Å². The van der Waals surface area contributed by atoms with Crippen LogP contribution in [0.2, 0.25) is 10.0 Å². The molecular formula is C19H21Cl2N3O. The van der Waals surface area contributed by atoms with Crippen molar-refractivity contribution < 1.29 is 4.74 Å². The molecule has 4 rings (SSSR count). The van der Waals surface area contributed by atoms with E-state index in [1.807, 2.05) is 0 Å².